The van der Waals surface area contributed by atoms with Gasteiger partial charge in [0.15, 0.2) is 5.58 Å². The van der Waals surface area contributed by atoms with Crippen LogP contribution in [-0.2, 0) is 6.54 Å². The summed E-state index contributed by atoms with van der Waals surface area (Å²) < 4.78 is 13.8. The Morgan fingerprint density at radius 2 is 2.03 bits per heavy atom. The highest BCUT2D eigenvalue weighted by Gasteiger charge is 2.24. The average molecular weight is 389 g/mol. The second-order valence-corrected chi connectivity index (χ2v) is 8.18. The van der Waals surface area contributed by atoms with E-state index < -0.39 is 0 Å². The quantitative estimate of drug-likeness (QED) is 0.557. The monoisotopic (exact) mass is 389 g/mol. The molecule has 4 heterocycles. The number of hydrogen-bond acceptors (Lipinski definition) is 6. The number of anilines is 2. The molecule has 2 aromatic heterocycles. The van der Waals surface area contributed by atoms with E-state index >= 15 is 0 Å². The van der Waals surface area contributed by atoms with Crippen molar-refractivity contribution in [2.45, 2.75) is 26.3 Å². The van der Waals surface area contributed by atoms with E-state index in [1.807, 2.05) is 18.2 Å². The fourth-order valence-corrected chi connectivity index (χ4v) is 4.61. The van der Waals surface area contributed by atoms with E-state index in [0.29, 0.717) is 5.58 Å². The number of ether oxygens (including phenoxy) is 1. The maximum Gasteiger partial charge on any atom is 0.292 e. The second kappa shape index (κ2) is 6.14. The van der Waals surface area contributed by atoms with E-state index in [4.69, 9.17) is 19.9 Å². The maximum atomic E-state index is 6.14. The normalized spacial score (nSPS) is 19.1. The Labute approximate surface area is 168 Å². The molecule has 0 radical (unpaired) electrons. The van der Waals surface area contributed by atoms with E-state index in [1.54, 1.807) is 0 Å². The predicted molar refractivity (Wildman–Crippen MR) is 113 cm³/mol. The van der Waals surface area contributed by atoms with Gasteiger partial charge in [-0.05, 0) is 43.0 Å². The van der Waals surface area contributed by atoms with Crippen LogP contribution in [0.5, 0.6) is 5.75 Å². The van der Waals surface area contributed by atoms with Gasteiger partial charge in [0.1, 0.15) is 22.6 Å². The molecule has 0 amide bonds. The van der Waals surface area contributed by atoms with Gasteiger partial charge in [-0.3, -0.25) is 0 Å². The number of benzene rings is 2. The zero-order valence-electron chi connectivity index (χ0n) is 16.4. The average Bonchev–Trinajstić information content (AvgIpc) is 3.35. The third-order valence-corrected chi connectivity index (χ3v) is 6.03. The number of nitrogens with two attached hydrogens (primary N) is 1. The van der Waals surface area contributed by atoms with Crippen molar-refractivity contribution in [2.75, 3.05) is 30.3 Å². The lowest BCUT2D eigenvalue weighted by atomic mass is 10.2. The smallest absolute Gasteiger partial charge is 0.292 e. The molecule has 2 aliphatic rings. The van der Waals surface area contributed by atoms with Gasteiger partial charge in [-0.2, -0.15) is 4.98 Å². The van der Waals surface area contributed by atoms with Crippen LogP contribution in [0, 0.1) is 5.92 Å². The third kappa shape index (κ3) is 2.64. The molecule has 1 saturated heterocycles. The number of aromatic nitrogens is 3. The Balaban J connectivity index is 1.53. The van der Waals surface area contributed by atoms with Crippen LogP contribution in [0.4, 0.5) is 11.7 Å². The summed E-state index contributed by atoms with van der Waals surface area (Å²) in [6.45, 7) is 6.07. The summed E-state index contributed by atoms with van der Waals surface area (Å²) in [5, 5.41) is 0. The van der Waals surface area contributed by atoms with Crippen molar-refractivity contribution in [3.63, 3.8) is 0 Å². The molecular formula is C22H23N5O2. The van der Waals surface area contributed by atoms with Crippen LogP contribution in [0.1, 0.15) is 19.8 Å². The molecule has 6 rings (SSSR count). The van der Waals surface area contributed by atoms with Crippen LogP contribution in [0.15, 0.2) is 34.7 Å². The first kappa shape index (κ1) is 16.7. The Hall–Kier alpha value is -3.22. The fourth-order valence-electron chi connectivity index (χ4n) is 4.61. The maximum absolute atomic E-state index is 6.14. The first-order valence-electron chi connectivity index (χ1n) is 10.2. The number of aryl methyl sites for hydroxylation is 1. The molecule has 2 aliphatic heterocycles. The van der Waals surface area contributed by atoms with E-state index in [2.05, 4.69) is 33.5 Å². The zero-order chi connectivity index (χ0) is 19.5. The highest BCUT2D eigenvalue weighted by Crippen LogP contribution is 2.38. The van der Waals surface area contributed by atoms with Gasteiger partial charge in [-0.1, -0.05) is 6.92 Å². The molecular weight excluding hydrogens is 366 g/mol. The molecule has 7 nitrogen and oxygen atoms in total. The van der Waals surface area contributed by atoms with Gasteiger partial charge in [0, 0.05) is 37.0 Å². The zero-order valence-corrected chi connectivity index (χ0v) is 16.4. The number of rotatable bonds is 2. The molecule has 0 spiro atoms. The van der Waals surface area contributed by atoms with Crippen molar-refractivity contribution >= 4 is 33.8 Å². The topological polar surface area (TPSA) is 82.3 Å². The molecule has 2 N–H and O–H groups in total. The van der Waals surface area contributed by atoms with Crippen LogP contribution >= 0.6 is 0 Å². The first-order chi connectivity index (χ1) is 14.2. The molecule has 1 fully saturated rings. The minimum absolute atomic E-state index is 0.184. The molecule has 29 heavy (non-hydrogen) atoms. The van der Waals surface area contributed by atoms with Crippen LogP contribution in [0.25, 0.3) is 33.5 Å². The number of imidazole rings is 1. The van der Waals surface area contributed by atoms with Crippen LogP contribution in [0.3, 0.4) is 0 Å². The lowest BCUT2D eigenvalue weighted by Crippen LogP contribution is -2.19. The summed E-state index contributed by atoms with van der Waals surface area (Å²) in [6.07, 6.45) is 2.18. The summed E-state index contributed by atoms with van der Waals surface area (Å²) in [5.74, 6) is 2.59. The third-order valence-electron chi connectivity index (χ3n) is 6.03. The van der Waals surface area contributed by atoms with Gasteiger partial charge in [0.25, 0.3) is 6.01 Å². The number of nitrogen functional groups attached to an aromatic ring is 1. The van der Waals surface area contributed by atoms with E-state index in [9.17, 15) is 0 Å². The molecule has 7 heteroatoms. The molecule has 4 aromatic rings. The lowest BCUT2D eigenvalue weighted by Gasteiger charge is -2.19. The Kier molecular flexibility index (Phi) is 3.54. The summed E-state index contributed by atoms with van der Waals surface area (Å²) >= 11 is 0. The van der Waals surface area contributed by atoms with Gasteiger partial charge in [0.2, 0.25) is 0 Å². The van der Waals surface area contributed by atoms with Crippen molar-refractivity contribution < 1.29 is 9.15 Å². The van der Waals surface area contributed by atoms with Gasteiger partial charge in [-0.15, -0.1) is 0 Å². The van der Waals surface area contributed by atoms with Crippen molar-refractivity contribution in [3.8, 4) is 17.1 Å². The molecule has 1 atom stereocenters. The predicted octanol–water partition coefficient (Wildman–Crippen LogP) is 4.06. The fraction of sp³-hybridized carbons (Fsp3) is 0.364. The van der Waals surface area contributed by atoms with E-state index in [0.717, 1.165) is 72.3 Å². The number of nitrogens with zero attached hydrogens (tertiary/aromatic N) is 4. The number of oxazole rings is 1. The molecule has 0 unspecified atom stereocenters. The number of fused-ring (bicyclic) bond motifs is 1. The van der Waals surface area contributed by atoms with E-state index in [1.165, 1.54) is 12.1 Å². The van der Waals surface area contributed by atoms with Gasteiger partial charge in [-0.25, -0.2) is 4.98 Å². The Bertz CT molecular complexity index is 1240. The highest BCUT2D eigenvalue weighted by atomic mass is 16.5. The molecule has 148 valence electrons. The minimum Gasteiger partial charge on any atom is -0.491 e. The minimum atomic E-state index is 0.184. The Morgan fingerprint density at radius 3 is 2.90 bits per heavy atom. The highest BCUT2D eigenvalue weighted by molar-refractivity contribution is 5.91. The van der Waals surface area contributed by atoms with E-state index in [-0.39, 0.29) is 6.01 Å². The SMILES string of the molecule is C[C@H]1CCN(c2cc3c4c(c2)nc(-c2ccc5oc(N)nc5c2)n4CCCO3)C1. The van der Waals surface area contributed by atoms with Crippen molar-refractivity contribution in [2.24, 2.45) is 5.92 Å². The van der Waals surface area contributed by atoms with Gasteiger partial charge < -0.3 is 24.4 Å². The molecule has 2 aromatic carbocycles. The first-order valence-corrected chi connectivity index (χ1v) is 10.2. The van der Waals surface area contributed by atoms with Crippen molar-refractivity contribution in [1.29, 1.82) is 0 Å². The summed E-state index contributed by atoms with van der Waals surface area (Å²) in [5.41, 5.74) is 11.4. The van der Waals surface area contributed by atoms with Crippen LogP contribution < -0.4 is 15.4 Å². The Morgan fingerprint density at radius 1 is 1.10 bits per heavy atom. The van der Waals surface area contributed by atoms with Gasteiger partial charge >= 0.3 is 0 Å². The van der Waals surface area contributed by atoms with Crippen LogP contribution in [0.2, 0.25) is 0 Å². The van der Waals surface area contributed by atoms with Gasteiger partial charge in [0.05, 0.1) is 12.1 Å². The summed E-state index contributed by atoms with van der Waals surface area (Å²) in [4.78, 5) is 11.7. The molecule has 0 bridgehead atoms. The largest absolute Gasteiger partial charge is 0.491 e. The number of hydrogen-bond donors (Lipinski definition) is 1. The summed E-state index contributed by atoms with van der Waals surface area (Å²) in [6, 6.07) is 10.5. The van der Waals surface area contributed by atoms with Crippen molar-refractivity contribution in [1.82, 2.24) is 14.5 Å². The lowest BCUT2D eigenvalue weighted by molar-refractivity contribution is 0.316. The van der Waals surface area contributed by atoms with Crippen LogP contribution in [-0.4, -0.2) is 34.2 Å². The standard InChI is InChI=1S/C22H23N5O2/c1-13-5-7-26(12-13)15-10-17-20-19(11-15)28-8-2-6-27(20)21(24-17)14-3-4-18-16(9-14)25-22(23)29-18/h3-4,9-11,13H,2,5-8,12H2,1H3,(H2,23,25)/t13-/m0/s1. The molecule has 0 saturated carbocycles. The van der Waals surface area contributed by atoms with Crippen molar-refractivity contribution in [3.05, 3.63) is 30.3 Å². The summed E-state index contributed by atoms with van der Waals surface area (Å²) in [7, 11) is 0. The molecule has 0 aliphatic carbocycles. The second-order valence-electron chi connectivity index (χ2n) is 8.18.